The van der Waals surface area contributed by atoms with E-state index in [0.717, 1.165) is 0 Å². The molecule has 20 heteroatoms. The van der Waals surface area contributed by atoms with Crippen LogP contribution in [0.25, 0.3) is 0 Å². The van der Waals surface area contributed by atoms with Crippen LogP contribution in [-0.4, -0.2) is 84.0 Å². The Kier molecular flexibility index (Phi) is 9.58. The van der Waals surface area contributed by atoms with Crippen molar-refractivity contribution in [3.8, 4) is 0 Å². The quantitative estimate of drug-likeness (QED) is 0.219. The van der Waals surface area contributed by atoms with Gasteiger partial charge in [0.25, 0.3) is 6.43 Å². The van der Waals surface area contributed by atoms with Crippen molar-refractivity contribution in [1.82, 2.24) is 0 Å². The summed E-state index contributed by atoms with van der Waals surface area (Å²) in [5.74, 6) is -47.3. The fourth-order valence-electron chi connectivity index (χ4n) is 2.12. The highest BCUT2D eigenvalue weighted by Gasteiger charge is 2.91. The molecule has 0 fully saturated rings. The molecule has 0 N–H and O–H groups in total. The molecule has 0 aliphatic carbocycles. The SMILES string of the molecule is CO[SiH](CC(F)C(F)(F)C(F)(F)C(F)(F)C(F)(F)C(F)(F)C(F)(F)C(F)C(F)C(F)F)OC. The normalized spacial score (nSPS) is 18.1. The van der Waals surface area contributed by atoms with Crippen LogP contribution in [0.15, 0.2) is 0 Å². The first-order valence-electron chi connectivity index (χ1n) is 7.96. The van der Waals surface area contributed by atoms with E-state index in [2.05, 4.69) is 8.85 Å². The molecule has 0 amide bonds. The molecule has 0 aromatic heterocycles. The van der Waals surface area contributed by atoms with Crippen LogP contribution < -0.4 is 0 Å². The van der Waals surface area contributed by atoms with Gasteiger partial charge in [-0.05, 0) is 0 Å². The van der Waals surface area contributed by atoms with Crippen LogP contribution in [0.5, 0.6) is 0 Å². The molecule has 0 saturated carbocycles. The van der Waals surface area contributed by atoms with E-state index in [1.807, 2.05) is 0 Å². The molecule has 0 rings (SSSR count). The van der Waals surface area contributed by atoms with Gasteiger partial charge in [0.05, 0.1) is 0 Å². The van der Waals surface area contributed by atoms with E-state index in [1.165, 1.54) is 0 Å². The average Bonchev–Trinajstić information content (AvgIpc) is 2.69. The molecule has 0 saturated heterocycles. The minimum atomic E-state index is -8.37. The molecule has 2 nitrogen and oxygen atoms in total. The lowest BCUT2D eigenvalue weighted by Crippen LogP contribution is -2.73. The van der Waals surface area contributed by atoms with Crippen LogP contribution in [0.1, 0.15) is 0 Å². The van der Waals surface area contributed by atoms with E-state index in [0.29, 0.717) is 14.2 Å². The zero-order valence-corrected chi connectivity index (χ0v) is 17.0. The van der Waals surface area contributed by atoms with Crippen molar-refractivity contribution in [3.05, 3.63) is 0 Å². The Balaban J connectivity index is 6.46. The molecule has 200 valence electrons. The monoisotopic (exact) mass is 552 g/mol. The van der Waals surface area contributed by atoms with Crippen molar-refractivity contribution in [1.29, 1.82) is 0 Å². The van der Waals surface area contributed by atoms with E-state index in [-0.39, 0.29) is 0 Å². The smallest absolute Gasteiger partial charge is 0.384 e. The summed E-state index contributed by atoms with van der Waals surface area (Å²) in [6.07, 6.45) is -20.2. The van der Waals surface area contributed by atoms with Crippen LogP contribution in [0.4, 0.5) is 74.6 Å². The van der Waals surface area contributed by atoms with Gasteiger partial charge in [-0.25, -0.2) is 22.0 Å². The van der Waals surface area contributed by atoms with E-state index in [1.54, 1.807) is 0 Å². The summed E-state index contributed by atoms with van der Waals surface area (Å²) in [6.45, 7) is 0. The maximum Gasteiger partial charge on any atom is 0.384 e. The molecule has 0 aromatic rings. The summed E-state index contributed by atoms with van der Waals surface area (Å²) in [5.41, 5.74) is 0. The van der Waals surface area contributed by atoms with Crippen molar-refractivity contribution in [2.75, 3.05) is 14.2 Å². The van der Waals surface area contributed by atoms with Crippen molar-refractivity contribution >= 4 is 9.28 Å². The van der Waals surface area contributed by atoms with Crippen molar-refractivity contribution < 1.29 is 83.5 Å². The highest BCUT2D eigenvalue weighted by atomic mass is 28.3. The van der Waals surface area contributed by atoms with Crippen LogP contribution in [0.3, 0.4) is 0 Å². The summed E-state index contributed by atoms with van der Waals surface area (Å²) >= 11 is 0. The molecule has 3 unspecified atom stereocenters. The van der Waals surface area contributed by atoms with E-state index in [4.69, 9.17) is 0 Å². The Morgan fingerprint density at radius 1 is 0.576 bits per heavy atom. The third-order valence-electron chi connectivity index (χ3n) is 4.21. The van der Waals surface area contributed by atoms with Crippen LogP contribution >= 0.6 is 0 Å². The third-order valence-corrected chi connectivity index (χ3v) is 6.06. The Morgan fingerprint density at radius 3 is 1.21 bits per heavy atom. The lowest BCUT2D eigenvalue weighted by atomic mass is 9.88. The molecule has 3 atom stereocenters. The molecule has 0 aromatic carbocycles. The van der Waals surface area contributed by atoms with Crippen molar-refractivity contribution in [3.63, 3.8) is 0 Å². The highest BCUT2D eigenvalue weighted by Crippen LogP contribution is 2.61. The van der Waals surface area contributed by atoms with Gasteiger partial charge in [-0.2, -0.15) is 52.7 Å². The summed E-state index contributed by atoms with van der Waals surface area (Å²) in [7, 11) is -2.39. The highest BCUT2D eigenvalue weighted by molar-refractivity contribution is 6.44. The van der Waals surface area contributed by atoms with Crippen molar-refractivity contribution in [2.45, 2.75) is 66.5 Å². The standard InChI is InChI=1S/C13H13F17O2Si/c1-31-33(32-2)3-4(14)8(19,20)10(23,24)12(27,28)13(29,30)11(25,26)9(21,22)6(16)5(15)7(17)18/h4-7,33H,3H2,1-2H3. The second kappa shape index (κ2) is 9.90. The van der Waals surface area contributed by atoms with Gasteiger partial charge in [-0.3, -0.25) is 0 Å². The van der Waals surface area contributed by atoms with Gasteiger partial charge < -0.3 is 8.85 Å². The first kappa shape index (κ1) is 31.9. The van der Waals surface area contributed by atoms with Crippen molar-refractivity contribution in [2.24, 2.45) is 0 Å². The molecule has 0 radical (unpaired) electrons. The lowest BCUT2D eigenvalue weighted by Gasteiger charge is -2.42. The molecular weight excluding hydrogens is 539 g/mol. The van der Waals surface area contributed by atoms with E-state index in [9.17, 15) is 74.6 Å². The number of hydrogen-bond donors (Lipinski definition) is 0. The topological polar surface area (TPSA) is 18.5 Å². The summed E-state index contributed by atoms with van der Waals surface area (Å²) in [5, 5.41) is 0. The third kappa shape index (κ3) is 5.01. The van der Waals surface area contributed by atoms with Gasteiger partial charge in [0.1, 0.15) is 0 Å². The maximum absolute atomic E-state index is 13.6. The lowest BCUT2D eigenvalue weighted by molar-refractivity contribution is -0.433. The fourth-order valence-corrected chi connectivity index (χ4v) is 3.33. The largest absolute Gasteiger partial charge is 0.400 e. The molecule has 0 bridgehead atoms. The van der Waals surface area contributed by atoms with Gasteiger partial charge in [0.15, 0.2) is 12.3 Å². The minimum Gasteiger partial charge on any atom is -0.400 e. The average molecular weight is 552 g/mol. The summed E-state index contributed by atoms with van der Waals surface area (Å²) in [4.78, 5) is 0. The molecule has 0 heterocycles. The summed E-state index contributed by atoms with van der Waals surface area (Å²) < 4.78 is 234. The Morgan fingerprint density at radius 2 is 0.909 bits per heavy atom. The van der Waals surface area contributed by atoms with E-state index >= 15 is 0 Å². The predicted octanol–water partition coefficient (Wildman–Crippen LogP) is 5.59. The molecule has 0 spiro atoms. The number of rotatable bonds is 13. The first-order valence-corrected chi connectivity index (χ1v) is 9.72. The van der Waals surface area contributed by atoms with Gasteiger partial charge in [0, 0.05) is 20.3 Å². The summed E-state index contributed by atoms with van der Waals surface area (Å²) in [6, 6.07) is -1.96. The molecule has 0 aliphatic heterocycles. The zero-order chi connectivity index (χ0) is 27.0. The van der Waals surface area contributed by atoms with Crippen LogP contribution in [0, 0.1) is 0 Å². The van der Waals surface area contributed by atoms with Gasteiger partial charge >= 0.3 is 44.8 Å². The maximum atomic E-state index is 13.6. The molecular formula is C13H13F17O2Si. The minimum absolute atomic E-state index is 0.639. The second-order valence-corrected chi connectivity index (χ2v) is 8.60. The Hall–Kier alpha value is -1.05. The Labute approximate surface area is 174 Å². The zero-order valence-electron chi connectivity index (χ0n) is 15.8. The van der Waals surface area contributed by atoms with Gasteiger partial charge in [-0.1, -0.05) is 0 Å². The van der Waals surface area contributed by atoms with Crippen LogP contribution in [0.2, 0.25) is 6.04 Å². The van der Waals surface area contributed by atoms with Gasteiger partial charge in [0.2, 0.25) is 6.17 Å². The molecule has 33 heavy (non-hydrogen) atoms. The number of halogens is 17. The van der Waals surface area contributed by atoms with Gasteiger partial charge in [-0.15, -0.1) is 0 Å². The molecule has 0 aliphatic rings. The predicted molar refractivity (Wildman–Crippen MR) is 76.3 cm³/mol. The second-order valence-electron chi connectivity index (χ2n) is 6.33. The van der Waals surface area contributed by atoms with Crippen LogP contribution in [-0.2, 0) is 8.85 Å². The number of hydrogen-bond acceptors (Lipinski definition) is 2. The van der Waals surface area contributed by atoms with E-state index < -0.39 is 75.8 Å². The first-order chi connectivity index (χ1) is 14.4. The fraction of sp³-hybridized carbons (Fsp3) is 1.00. The Bertz CT molecular complexity index is 638. The number of alkyl halides is 17.